The Morgan fingerprint density at radius 3 is 1.61 bits per heavy atom. The van der Waals surface area contributed by atoms with E-state index in [0.717, 1.165) is 11.1 Å². The second kappa shape index (κ2) is 5.60. The molecule has 0 spiro atoms. The zero-order valence-electron chi connectivity index (χ0n) is 9.52. The molecule has 0 aliphatic rings. The minimum atomic E-state index is -1.99. The number of carboxylic acid groups (broad SMARTS) is 1. The van der Waals surface area contributed by atoms with Crippen molar-refractivity contribution in [1.82, 2.24) is 0 Å². The summed E-state index contributed by atoms with van der Waals surface area (Å²) < 4.78 is 12.0. The average Bonchev–Trinajstić information content (AvgIpc) is 2.41. The smallest absolute Gasteiger partial charge is 0.396 e. The molecule has 1 atom stereocenters. The van der Waals surface area contributed by atoms with Gasteiger partial charge in [0.15, 0.2) is 0 Å². The van der Waals surface area contributed by atoms with Gasteiger partial charge in [-0.15, -0.1) is 0 Å². The van der Waals surface area contributed by atoms with E-state index in [-0.39, 0.29) is 0 Å². The molecule has 4 heteroatoms. The van der Waals surface area contributed by atoms with E-state index in [2.05, 4.69) is 0 Å². The zero-order valence-corrected chi connectivity index (χ0v) is 10.3. The lowest BCUT2D eigenvalue weighted by atomic mass is 10.0. The molecule has 0 bridgehead atoms. The molecule has 0 heterocycles. The third-order valence-electron chi connectivity index (χ3n) is 2.59. The maximum absolute atomic E-state index is 12.0. The van der Waals surface area contributed by atoms with Crippen LogP contribution in [-0.4, -0.2) is 14.6 Å². The monoisotopic (exact) mass is 260 g/mol. The lowest BCUT2D eigenvalue weighted by molar-refractivity contribution is 0.220. The average molecular weight is 260 g/mol. The largest absolute Gasteiger partial charge is 0.471 e. The van der Waals surface area contributed by atoms with Crippen molar-refractivity contribution in [1.29, 1.82) is 0 Å². The summed E-state index contributed by atoms with van der Waals surface area (Å²) in [5.41, 5.74) is 1.48. The first-order valence-electron chi connectivity index (χ1n) is 5.43. The summed E-state index contributed by atoms with van der Waals surface area (Å²) in [6.07, 6.45) is 0. The lowest BCUT2D eigenvalue weighted by Gasteiger charge is -2.14. The first kappa shape index (κ1) is 12.5. The van der Waals surface area contributed by atoms with Gasteiger partial charge in [-0.2, -0.15) is 0 Å². The molecule has 2 aromatic rings. The van der Waals surface area contributed by atoms with E-state index in [1.807, 2.05) is 36.4 Å². The SMILES string of the molecule is O=C(O)[S@](=O)C(c1ccccc1)c1ccccc1. The Kier molecular flexibility index (Phi) is 3.89. The molecule has 2 rings (SSSR count). The van der Waals surface area contributed by atoms with Crippen LogP contribution in [0.3, 0.4) is 0 Å². The standard InChI is InChI=1S/C14H12O3S/c15-14(16)18(17)13(11-7-3-1-4-8-11)12-9-5-2-6-10-12/h1-10,13H,(H,15,16)/t18-/m1/s1. The predicted octanol–water partition coefficient (Wildman–Crippen LogP) is 3.20. The van der Waals surface area contributed by atoms with E-state index < -0.39 is 21.4 Å². The Hall–Kier alpha value is -1.94. The highest BCUT2D eigenvalue weighted by molar-refractivity contribution is 8.00. The summed E-state index contributed by atoms with van der Waals surface area (Å²) in [5.74, 6) is 0. The van der Waals surface area contributed by atoms with E-state index in [9.17, 15) is 9.00 Å². The van der Waals surface area contributed by atoms with Crippen LogP contribution in [0.4, 0.5) is 4.79 Å². The van der Waals surface area contributed by atoms with Crippen LogP contribution in [0.2, 0.25) is 0 Å². The highest BCUT2D eigenvalue weighted by atomic mass is 32.2. The lowest BCUT2D eigenvalue weighted by Crippen LogP contribution is -2.15. The molecule has 18 heavy (non-hydrogen) atoms. The third-order valence-corrected chi connectivity index (χ3v) is 3.91. The fourth-order valence-corrected chi connectivity index (χ4v) is 2.81. The molecule has 0 amide bonds. The van der Waals surface area contributed by atoms with Crippen molar-refractivity contribution < 1.29 is 14.1 Å². The van der Waals surface area contributed by atoms with Crippen LogP contribution in [0.15, 0.2) is 60.7 Å². The van der Waals surface area contributed by atoms with Crippen molar-refractivity contribution in [2.75, 3.05) is 0 Å². The Labute approximate surface area is 108 Å². The quantitative estimate of drug-likeness (QED) is 0.922. The summed E-state index contributed by atoms with van der Waals surface area (Å²) in [6.45, 7) is 0. The highest BCUT2D eigenvalue weighted by Crippen LogP contribution is 2.28. The zero-order chi connectivity index (χ0) is 13.0. The normalized spacial score (nSPS) is 12.3. The van der Waals surface area contributed by atoms with Crippen molar-refractivity contribution in [3.8, 4) is 0 Å². The minimum Gasteiger partial charge on any atom is -0.471 e. The summed E-state index contributed by atoms with van der Waals surface area (Å²) >= 11 is 0. The molecule has 3 nitrogen and oxygen atoms in total. The van der Waals surface area contributed by atoms with Crippen LogP contribution in [0.5, 0.6) is 0 Å². The second-order valence-corrected chi connectivity index (χ2v) is 5.18. The number of hydrogen-bond donors (Lipinski definition) is 1. The number of carbonyl (C=O) groups is 1. The third kappa shape index (κ3) is 2.65. The molecule has 0 aliphatic carbocycles. The molecule has 0 unspecified atom stereocenters. The van der Waals surface area contributed by atoms with Gasteiger partial charge in [-0.1, -0.05) is 60.7 Å². The number of rotatable bonds is 3. The van der Waals surface area contributed by atoms with Crippen LogP contribution < -0.4 is 0 Å². The fourth-order valence-electron chi connectivity index (χ4n) is 1.80. The maximum atomic E-state index is 12.0. The molecule has 0 radical (unpaired) electrons. The molecule has 92 valence electrons. The van der Waals surface area contributed by atoms with Crippen molar-refractivity contribution in [2.24, 2.45) is 0 Å². The van der Waals surface area contributed by atoms with Gasteiger partial charge in [0.2, 0.25) is 0 Å². The van der Waals surface area contributed by atoms with Gasteiger partial charge >= 0.3 is 5.30 Å². The molecule has 0 saturated heterocycles. The molecular weight excluding hydrogens is 248 g/mol. The van der Waals surface area contributed by atoms with Gasteiger partial charge in [0.25, 0.3) is 0 Å². The molecule has 0 aromatic heterocycles. The molecule has 2 aromatic carbocycles. The van der Waals surface area contributed by atoms with Gasteiger partial charge in [0, 0.05) is 0 Å². The topological polar surface area (TPSA) is 54.4 Å². The summed E-state index contributed by atoms with van der Waals surface area (Å²) in [6, 6.07) is 18.1. The number of hydrogen-bond acceptors (Lipinski definition) is 2. The Bertz CT molecular complexity index is 512. The van der Waals surface area contributed by atoms with Crippen molar-refractivity contribution in [3.63, 3.8) is 0 Å². The van der Waals surface area contributed by atoms with Crippen LogP contribution in [0, 0.1) is 0 Å². The van der Waals surface area contributed by atoms with Gasteiger partial charge in [0.1, 0.15) is 10.8 Å². The molecule has 1 N–H and O–H groups in total. The van der Waals surface area contributed by atoms with E-state index in [1.54, 1.807) is 24.3 Å². The van der Waals surface area contributed by atoms with Crippen LogP contribution in [-0.2, 0) is 10.8 Å². The number of benzene rings is 2. The van der Waals surface area contributed by atoms with E-state index in [4.69, 9.17) is 5.11 Å². The summed E-state index contributed by atoms with van der Waals surface area (Å²) in [7, 11) is -1.99. The van der Waals surface area contributed by atoms with E-state index in [0.29, 0.717) is 0 Å². The van der Waals surface area contributed by atoms with Gasteiger partial charge in [-0.05, 0) is 11.1 Å². The first-order chi connectivity index (χ1) is 8.70. The van der Waals surface area contributed by atoms with Crippen LogP contribution >= 0.6 is 0 Å². The van der Waals surface area contributed by atoms with Crippen molar-refractivity contribution in [2.45, 2.75) is 5.25 Å². The van der Waals surface area contributed by atoms with Gasteiger partial charge in [-0.25, -0.2) is 9.00 Å². The molecular formula is C14H12O3S. The maximum Gasteiger partial charge on any atom is 0.396 e. The first-order valence-corrected chi connectivity index (χ1v) is 6.65. The van der Waals surface area contributed by atoms with E-state index in [1.165, 1.54) is 0 Å². The predicted molar refractivity (Wildman–Crippen MR) is 70.9 cm³/mol. The Morgan fingerprint density at radius 2 is 1.28 bits per heavy atom. The second-order valence-electron chi connectivity index (χ2n) is 3.76. The van der Waals surface area contributed by atoms with Gasteiger partial charge in [0.05, 0.1) is 5.25 Å². The van der Waals surface area contributed by atoms with Crippen molar-refractivity contribution >= 4 is 16.1 Å². The summed E-state index contributed by atoms with van der Waals surface area (Å²) in [5, 5.41) is 7.04. The van der Waals surface area contributed by atoms with Crippen LogP contribution in [0.1, 0.15) is 16.4 Å². The molecule has 0 aliphatic heterocycles. The highest BCUT2D eigenvalue weighted by Gasteiger charge is 2.26. The fraction of sp³-hybridized carbons (Fsp3) is 0.0714. The molecule has 0 fully saturated rings. The minimum absolute atomic E-state index is 0.634. The Morgan fingerprint density at radius 1 is 0.889 bits per heavy atom. The molecule has 0 saturated carbocycles. The summed E-state index contributed by atoms with van der Waals surface area (Å²) in [4.78, 5) is 11.0. The van der Waals surface area contributed by atoms with Gasteiger partial charge < -0.3 is 5.11 Å². The van der Waals surface area contributed by atoms with E-state index >= 15 is 0 Å². The van der Waals surface area contributed by atoms with Crippen LogP contribution in [0.25, 0.3) is 0 Å². The van der Waals surface area contributed by atoms with Gasteiger partial charge in [-0.3, -0.25) is 0 Å². The van der Waals surface area contributed by atoms with Crippen molar-refractivity contribution in [3.05, 3.63) is 71.8 Å². The Balaban J connectivity index is 2.48.